The van der Waals surface area contributed by atoms with Gasteiger partial charge in [-0.05, 0) is 13.3 Å². The van der Waals surface area contributed by atoms with Gasteiger partial charge in [0.2, 0.25) is 5.91 Å². The van der Waals surface area contributed by atoms with Crippen LogP contribution in [0.15, 0.2) is 0 Å². The first-order valence-electron chi connectivity index (χ1n) is 5.49. The molecular formula is C11H23NO2. The Balaban J connectivity index is 3.35. The van der Waals surface area contributed by atoms with Crippen molar-refractivity contribution in [3.05, 3.63) is 0 Å². The zero-order valence-corrected chi connectivity index (χ0v) is 9.64. The van der Waals surface area contributed by atoms with Gasteiger partial charge < -0.3 is 10.1 Å². The van der Waals surface area contributed by atoms with E-state index >= 15 is 0 Å². The van der Waals surface area contributed by atoms with E-state index in [0.29, 0.717) is 0 Å². The molecule has 14 heavy (non-hydrogen) atoms. The van der Waals surface area contributed by atoms with Gasteiger partial charge in [-0.3, -0.25) is 4.79 Å². The summed E-state index contributed by atoms with van der Waals surface area (Å²) in [6, 6.07) is 0.273. The minimum absolute atomic E-state index is 0.0181. The lowest BCUT2D eigenvalue weighted by atomic mass is 10.1. The van der Waals surface area contributed by atoms with Gasteiger partial charge in [0.1, 0.15) is 6.61 Å². The van der Waals surface area contributed by atoms with Gasteiger partial charge in [-0.2, -0.15) is 0 Å². The van der Waals surface area contributed by atoms with Crippen LogP contribution in [0.25, 0.3) is 0 Å². The Bertz CT molecular complexity index is 148. The van der Waals surface area contributed by atoms with Crippen molar-refractivity contribution >= 4 is 5.91 Å². The summed E-state index contributed by atoms with van der Waals surface area (Å²) < 4.78 is 4.74. The van der Waals surface area contributed by atoms with Gasteiger partial charge in [-0.1, -0.05) is 32.6 Å². The topological polar surface area (TPSA) is 38.3 Å². The van der Waals surface area contributed by atoms with Crippen LogP contribution < -0.4 is 5.32 Å². The molecule has 0 aliphatic rings. The molecule has 0 spiro atoms. The Labute approximate surface area is 87.2 Å². The van der Waals surface area contributed by atoms with Gasteiger partial charge >= 0.3 is 0 Å². The third-order valence-corrected chi connectivity index (χ3v) is 2.17. The monoisotopic (exact) mass is 201 g/mol. The van der Waals surface area contributed by atoms with Gasteiger partial charge in [-0.15, -0.1) is 0 Å². The molecule has 0 bridgehead atoms. The molecule has 0 unspecified atom stereocenters. The van der Waals surface area contributed by atoms with Crippen LogP contribution in [0.4, 0.5) is 0 Å². The molecule has 1 atom stereocenters. The summed E-state index contributed by atoms with van der Waals surface area (Å²) >= 11 is 0. The fraction of sp³-hybridized carbons (Fsp3) is 0.909. The molecule has 1 N–H and O–H groups in total. The molecule has 0 saturated heterocycles. The molecule has 1 amide bonds. The summed E-state index contributed by atoms with van der Waals surface area (Å²) in [6.45, 7) is 4.41. The Morgan fingerprint density at radius 3 is 2.64 bits per heavy atom. The molecule has 0 aliphatic carbocycles. The molecular weight excluding hydrogens is 178 g/mol. The first-order valence-corrected chi connectivity index (χ1v) is 5.49. The highest BCUT2D eigenvalue weighted by atomic mass is 16.5. The number of ether oxygens (including phenoxy) is 1. The van der Waals surface area contributed by atoms with Crippen molar-refractivity contribution in [1.29, 1.82) is 0 Å². The normalized spacial score (nSPS) is 12.5. The van der Waals surface area contributed by atoms with E-state index in [4.69, 9.17) is 4.74 Å². The minimum atomic E-state index is -0.0181. The minimum Gasteiger partial charge on any atom is -0.375 e. The highest BCUT2D eigenvalue weighted by Crippen LogP contribution is 2.04. The smallest absolute Gasteiger partial charge is 0.246 e. The number of hydrogen-bond acceptors (Lipinski definition) is 2. The summed E-state index contributed by atoms with van der Waals surface area (Å²) in [7, 11) is 1.53. The number of unbranched alkanes of at least 4 members (excludes halogenated alkanes) is 3. The van der Waals surface area contributed by atoms with E-state index in [0.717, 1.165) is 6.42 Å². The van der Waals surface area contributed by atoms with Crippen LogP contribution >= 0.6 is 0 Å². The summed E-state index contributed by atoms with van der Waals surface area (Å²) in [5.41, 5.74) is 0. The third kappa shape index (κ3) is 8.05. The van der Waals surface area contributed by atoms with Crippen molar-refractivity contribution in [3.8, 4) is 0 Å². The zero-order chi connectivity index (χ0) is 10.8. The SMILES string of the molecule is CCCCCC[C@@H](C)NC(=O)COC. The van der Waals surface area contributed by atoms with E-state index in [1.807, 2.05) is 6.92 Å². The molecule has 0 saturated carbocycles. The maximum absolute atomic E-state index is 11.1. The van der Waals surface area contributed by atoms with Crippen molar-refractivity contribution < 1.29 is 9.53 Å². The van der Waals surface area contributed by atoms with Gasteiger partial charge in [0, 0.05) is 13.2 Å². The molecule has 3 heteroatoms. The molecule has 0 aromatic rings. The maximum atomic E-state index is 11.1. The van der Waals surface area contributed by atoms with Crippen LogP contribution in [0.3, 0.4) is 0 Å². The lowest BCUT2D eigenvalue weighted by Gasteiger charge is -2.13. The fourth-order valence-electron chi connectivity index (χ4n) is 1.40. The van der Waals surface area contributed by atoms with E-state index < -0.39 is 0 Å². The summed E-state index contributed by atoms with van der Waals surface area (Å²) in [4.78, 5) is 11.1. The van der Waals surface area contributed by atoms with E-state index in [1.54, 1.807) is 0 Å². The Morgan fingerprint density at radius 1 is 1.36 bits per heavy atom. The predicted octanol–water partition coefficient (Wildman–Crippen LogP) is 2.11. The summed E-state index contributed by atoms with van der Waals surface area (Å²) in [6.07, 6.45) is 6.07. The maximum Gasteiger partial charge on any atom is 0.246 e. The van der Waals surface area contributed by atoms with Crippen LogP contribution in [0, 0.1) is 0 Å². The number of carbonyl (C=O) groups excluding carboxylic acids is 1. The Morgan fingerprint density at radius 2 is 2.07 bits per heavy atom. The van der Waals surface area contributed by atoms with Gasteiger partial charge in [-0.25, -0.2) is 0 Å². The first-order chi connectivity index (χ1) is 6.70. The van der Waals surface area contributed by atoms with Gasteiger partial charge in [0.15, 0.2) is 0 Å². The molecule has 0 fully saturated rings. The quantitative estimate of drug-likeness (QED) is 0.611. The number of nitrogens with one attached hydrogen (secondary N) is 1. The highest BCUT2D eigenvalue weighted by Gasteiger charge is 2.05. The number of rotatable bonds is 8. The summed E-state index contributed by atoms with van der Waals surface area (Å²) in [5, 5.41) is 2.89. The number of carbonyl (C=O) groups is 1. The van der Waals surface area contributed by atoms with Crippen molar-refractivity contribution in [3.63, 3.8) is 0 Å². The van der Waals surface area contributed by atoms with E-state index in [9.17, 15) is 4.79 Å². The van der Waals surface area contributed by atoms with Crippen LogP contribution in [-0.4, -0.2) is 25.7 Å². The Hall–Kier alpha value is -0.570. The lowest BCUT2D eigenvalue weighted by molar-refractivity contribution is -0.125. The van der Waals surface area contributed by atoms with E-state index in [-0.39, 0.29) is 18.6 Å². The van der Waals surface area contributed by atoms with Crippen LogP contribution in [0.1, 0.15) is 46.0 Å². The molecule has 0 rings (SSSR count). The number of amides is 1. The Kier molecular flexibility index (Phi) is 8.64. The molecule has 0 aliphatic heterocycles. The molecule has 0 aromatic heterocycles. The van der Waals surface area contributed by atoms with Crippen molar-refractivity contribution in [1.82, 2.24) is 5.32 Å². The third-order valence-electron chi connectivity index (χ3n) is 2.17. The second-order valence-corrected chi connectivity index (χ2v) is 3.75. The second kappa shape index (κ2) is 9.00. The van der Waals surface area contributed by atoms with Gasteiger partial charge in [0.05, 0.1) is 0 Å². The van der Waals surface area contributed by atoms with E-state index in [2.05, 4.69) is 12.2 Å². The molecule has 3 nitrogen and oxygen atoms in total. The molecule has 84 valence electrons. The number of methoxy groups -OCH3 is 1. The molecule has 0 aromatic carbocycles. The lowest BCUT2D eigenvalue weighted by Crippen LogP contribution is -2.34. The number of hydrogen-bond donors (Lipinski definition) is 1. The van der Waals surface area contributed by atoms with Crippen molar-refractivity contribution in [2.24, 2.45) is 0 Å². The van der Waals surface area contributed by atoms with Crippen molar-refractivity contribution in [2.45, 2.75) is 52.0 Å². The molecule has 0 heterocycles. The highest BCUT2D eigenvalue weighted by molar-refractivity contribution is 5.77. The predicted molar refractivity (Wildman–Crippen MR) is 58.2 cm³/mol. The molecule has 0 radical (unpaired) electrons. The average Bonchev–Trinajstić information content (AvgIpc) is 2.13. The van der Waals surface area contributed by atoms with Crippen LogP contribution in [0.5, 0.6) is 0 Å². The largest absolute Gasteiger partial charge is 0.375 e. The standard InChI is InChI=1S/C11H23NO2/c1-4-5-6-7-8-10(2)12-11(13)9-14-3/h10H,4-9H2,1-3H3,(H,12,13)/t10-/m1/s1. The summed E-state index contributed by atoms with van der Waals surface area (Å²) in [5.74, 6) is -0.0181. The van der Waals surface area contributed by atoms with Gasteiger partial charge in [0.25, 0.3) is 0 Å². The first kappa shape index (κ1) is 13.4. The van der Waals surface area contributed by atoms with Crippen LogP contribution in [0.2, 0.25) is 0 Å². The van der Waals surface area contributed by atoms with Crippen molar-refractivity contribution in [2.75, 3.05) is 13.7 Å². The second-order valence-electron chi connectivity index (χ2n) is 3.75. The van der Waals surface area contributed by atoms with Crippen LogP contribution in [-0.2, 0) is 9.53 Å². The zero-order valence-electron chi connectivity index (χ0n) is 9.64. The van der Waals surface area contributed by atoms with E-state index in [1.165, 1.54) is 32.8 Å². The fourth-order valence-corrected chi connectivity index (χ4v) is 1.40. The average molecular weight is 201 g/mol.